The molecule has 17 heavy (non-hydrogen) atoms. The molecule has 1 saturated heterocycles. The Hall–Kier alpha value is -0.320. The molecule has 0 aromatic heterocycles. The molecular weight excluding hydrogens is 240 g/mol. The van der Waals surface area contributed by atoms with Crippen molar-refractivity contribution in [3.63, 3.8) is 0 Å². The number of nitrogens with zero attached hydrogens (tertiary/aromatic N) is 2. The van der Waals surface area contributed by atoms with Crippen LogP contribution in [-0.2, 0) is 9.53 Å². The Labute approximate surface area is 109 Å². The van der Waals surface area contributed by atoms with Gasteiger partial charge in [0.2, 0.25) is 5.91 Å². The molecule has 1 aliphatic heterocycles. The van der Waals surface area contributed by atoms with Gasteiger partial charge >= 0.3 is 0 Å². The minimum Gasteiger partial charge on any atom is -0.372 e. The van der Waals surface area contributed by atoms with Crippen LogP contribution in [0.3, 0.4) is 0 Å². The standard InChI is InChI=1S/C12H23ClN2O2/c1-2-10-17-11-12(16)15-6-3-5-14(7-4-13)8-9-15/h2-11H2,1H3. The third-order valence-corrected chi connectivity index (χ3v) is 3.08. The number of carbonyl (C=O) groups is 1. The van der Waals surface area contributed by atoms with Gasteiger partial charge in [-0.2, -0.15) is 0 Å². The first-order chi connectivity index (χ1) is 8.27. The second-order valence-electron chi connectivity index (χ2n) is 4.32. The van der Waals surface area contributed by atoms with E-state index in [1.165, 1.54) is 0 Å². The fourth-order valence-electron chi connectivity index (χ4n) is 1.96. The van der Waals surface area contributed by atoms with E-state index < -0.39 is 0 Å². The zero-order chi connectivity index (χ0) is 12.5. The highest BCUT2D eigenvalue weighted by atomic mass is 35.5. The van der Waals surface area contributed by atoms with Gasteiger partial charge in [0, 0.05) is 38.7 Å². The van der Waals surface area contributed by atoms with Gasteiger partial charge in [-0.3, -0.25) is 4.79 Å². The van der Waals surface area contributed by atoms with Crippen molar-refractivity contribution in [3.8, 4) is 0 Å². The number of alkyl halides is 1. The number of carbonyl (C=O) groups excluding carboxylic acids is 1. The van der Waals surface area contributed by atoms with Crippen molar-refractivity contribution in [3.05, 3.63) is 0 Å². The molecule has 0 aliphatic carbocycles. The molecule has 0 unspecified atom stereocenters. The fraction of sp³-hybridized carbons (Fsp3) is 0.917. The zero-order valence-corrected chi connectivity index (χ0v) is 11.4. The molecule has 100 valence electrons. The topological polar surface area (TPSA) is 32.8 Å². The van der Waals surface area contributed by atoms with Crippen molar-refractivity contribution in [1.29, 1.82) is 0 Å². The number of ether oxygens (including phenoxy) is 1. The summed E-state index contributed by atoms with van der Waals surface area (Å²) in [5.74, 6) is 0.777. The van der Waals surface area contributed by atoms with Gasteiger partial charge in [0.15, 0.2) is 0 Å². The first-order valence-electron chi connectivity index (χ1n) is 6.41. The molecule has 0 saturated carbocycles. The first-order valence-corrected chi connectivity index (χ1v) is 6.95. The van der Waals surface area contributed by atoms with Crippen molar-refractivity contribution < 1.29 is 9.53 Å². The second kappa shape index (κ2) is 8.72. The average Bonchev–Trinajstić information content (AvgIpc) is 2.55. The first kappa shape index (κ1) is 14.7. The minimum absolute atomic E-state index is 0.117. The van der Waals surface area contributed by atoms with Gasteiger partial charge in [-0.1, -0.05) is 6.92 Å². The quantitative estimate of drug-likeness (QED) is 0.533. The smallest absolute Gasteiger partial charge is 0.248 e. The van der Waals surface area contributed by atoms with Crippen molar-refractivity contribution in [1.82, 2.24) is 9.80 Å². The van der Waals surface area contributed by atoms with Crippen molar-refractivity contribution in [2.45, 2.75) is 19.8 Å². The summed E-state index contributed by atoms with van der Waals surface area (Å²) in [5.41, 5.74) is 0. The second-order valence-corrected chi connectivity index (χ2v) is 4.70. The molecule has 0 aromatic carbocycles. The van der Waals surface area contributed by atoms with E-state index in [2.05, 4.69) is 4.90 Å². The monoisotopic (exact) mass is 262 g/mol. The van der Waals surface area contributed by atoms with Crippen LogP contribution < -0.4 is 0 Å². The van der Waals surface area contributed by atoms with Crippen LogP contribution in [0.5, 0.6) is 0 Å². The summed E-state index contributed by atoms with van der Waals surface area (Å²) in [6.45, 7) is 7.44. The van der Waals surface area contributed by atoms with Crippen LogP contribution in [0.1, 0.15) is 19.8 Å². The van der Waals surface area contributed by atoms with E-state index >= 15 is 0 Å². The van der Waals surface area contributed by atoms with E-state index in [1.54, 1.807) is 0 Å². The highest BCUT2D eigenvalue weighted by Gasteiger charge is 2.18. The molecule has 1 amide bonds. The van der Waals surface area contributed by atoms with E-state index in [1.807, 2.05) is 11.8 Å². The normalized spacial score (nSPS) is 18.1. The number of rotatable bonds is 6. The molecule has 0 spiro atoms. The number of amides is 1. The van der Waals surface area contributed by atoms with Crippen LogP contribution in [0.25, 0.3) is 0 Å². The minimum atomic E-state index is 0.117. The Bertz CT molecular complexity index is 227. The molecule has 5 heteroatoms. The van der Waals surface area contributed by atoms with Gasteiger partial charge < -0.3 is 14.5 Å². The van der Waals surface area contributed by atoms with Gasteiger partial charge in [-0.15, -0.1) is 11.6 Å². The van der Waals surface area contributed by atoms with Gasteiger partial charge in [0.25, 0.3) is 0 Å². The summed E-state index contributed by atoms with van der Waals surface area (Å²) in [7, 11) is 0. The third-order valence-electron chi connectivity index (χ3n) is 2.92. The molecule has 4 nitrogen and oxygen atoms in total. The SMILES string of the molecule is CCCOCC(=O)N1CCCN(CCCl)CC1. The summed E-state index contributed by atoms with van der Waals surface area (Å²) in [6, 6.07) is 0. The lowest BCUT2D eigenvalue weighted by atomic mass is 10.4. The largest absolute Gasteiger partial charge is 0.372 e. The van der Waals surface area contributed by atoms with Crippen LogP contribution in [0.4, 0.5) is 0 Å². The number of hydrogen-bond acceptors (Lipinski definition) is 3. The Morgan fingerprint density at radius 1 is 1.29 bits per heavy atom. The van der Waals surface area contributed by atoms with Crippen LogP contribution in [0, 0.1) is 0 Å². The molecular formula is C12H23ClN2O2. The third kappa shape index (κ3) is 5.70. The van der Waals surface area contributed by atoms with Gasteiger partial charge in [-0.25, -0.2) is 0 Å². The predicted octanol–water partition coefficient (Wildman–Crippen LogP) is 1.19. The summed E-state index contributed by atoms with van der Waals surface area (Å²) in [4.78, 5) is 16.1. The number of hydrogen-bond donors (Lipinski definition) is 0. The molecule has 0 atom stereocenters. The summed E-state index contributed by atoms with van der Waals surface area (Å²) < 4.78 is 5.29. The van der Waals surface area contributed by atoms with Crippen LogP contribution in [0.2, 0.25) is 0 Å². The molecule has 0 radical (unpaired) electrons. The lowest BCUT2D eigenvalue weighted by Gasteiger charge is -2.21. The molecule has 1 rings (SSSR count). The van der Waals surface area contributed by atoms with Crippen LogP contribution in [0.15, 0.2) is 0 Å². The van der Waals surface area contributed by atoms with Crippen molar-refractivity contribution >= 4 is 17.5 Å². The molecule has 0 bridgehead atoms. The molecule has 1 fully saturated rings. The maximum Gasteiger partial charge on any atom is 0.248 e. The fourth-order valence-corrected chi connectivity index (χ4v) is 2.20. The average molecular weight is 263 g/mol. The predicted molar refractivity (Wildman–Crippen MR) is 69.5 cm³/mol. The lowest BCUT2D eigenvalue weighted by molar-refractivity contribution is -0.136. The number of halogens is 1. The highest BCUT2D eigenvalue weighted by Crippen LogP contribution is 2.04. The Kier molecular flexibility index (Phi) is 7.56. The highest BCUT2D eigenvalue weighted by molar-refractivity contribution is 6.18. The Morgan fingerprint density at radius 2 is 2.12 bits per heavy atom. The lowest BCUT2D eigenvalue weighted by Crippen LogP contribution is -2.37. The maximum atomic E-state index is 11.8. The van der Waals surface area contributed by atoms with E-state index in [0.717, 1.165) is 45.6 Å². The summed E-state index contributed by atoms with van der Waals surface area (Å²) in [6.07, 6.45) is 1.98. The summed E-state index contributed by atoms with van der Waals surface area (Å²) in [5, 5.41) is 0. The van der Waals surface area contributed by atoms with Crippen LogP contribution >= 0.6 is 11.6 Å². The molecule has 1 aliphatic rings. The molecule has 0 N–H and O–H groups in total. The van der Waals surface area contributed by atoms with Crippen LogP contribution in [-0.4, -0.2) is 67.5 Å². The zero-order valence-electron chi connectivity index (χ0n) is 10.7. The van der Waals surface area contributed by atoms with E-state index in [9.17, 15) is 4.79 Å². The van der Waals surface area contributed by atoms with Crippen molar-refractivity contribution in [2.24, 2.45) is 0 Å². The summed E-state index contributed by atoms with van der Waals surface area (Å²) >= 11 is 5.73. The van der Waals surface area contributed by atoms with Gasteiger partial charge in [0.1, 0.15) is 6.61 Å². The Balaban J connectivity index is 2.27. The van der Waals surface area contributed by atoms with E-state index in [4.69, 9.17) is 16.3 Å². The van der Waals surface area contributed by atoms with E-state index in [-0.39, 0.29) is 12.5 Å². The molecule has 0 aromatic rings. The van der Waals surface area contributed by atoms with Crippen molar-refractivity contribution in [2.75, 3.05) is 51.8 Å². The maximum absolute atomic E-state index is 11.8. The Morgan fingerprint density at radius 3 is 2.82 bits per heavy atom. The van der Waals surface area contributed by atoms with E-state index in [0.29, 0.717) is 12.5 Å². The molecule has 1 heterocycles. The van der Waals surface area contributed by atoms with Gasteiger partial charge in [0.05, 0.1) is 0 Å². The van der Waals surface area contributed by atoms with Gasteiger partial charge in [-0.05, 0) is 19.4 Å².